The van der Waals surface area contributed by atoms with E-state index in [1.165, 1.54) is 0 Å². The third kappa shape index (κ3) is 9.47. The monoisotopic (exact) mass is 851 g/mol. The maximum absolute atomic E-state index is 13.4. The molecule has 344 valence electrons. The Kier molecular flexibility index (Phi) is 14.5. The zero-order valence-electron chi connectivity index (χ0n) is 38.7. The molecule has 0 unspecified atom stereocenters. The highest BCUT2D eigenvalue weighted by atomic mass is 16.8. The Morgan fingerprint density at radius 2 is 1.58 bits per heavy atom. The van der Waals surface area contributed by atoms with Crippen molar-refractivity contribution in [2.24, 2.45) is 47.3 Å². The van der Waals surface area contributed by atoms with E-state index in [0.29, 0.717) is 44.1 Å². The first-order valence-corrected chi connectivity index (χ1v) is 23.1. The molecule has 13 heteroatoms. The molecular weight excluding hydrogens is 773 g/mol. The Labute approximate surface area is 358 Å². The molecule has 2 spiro atoms. The summed E-state index contributed by atoms with van der Waals surface area (Å²) in [6, 6.07) is 0. The Morgan fingerprint density at radius 1 is 0.883 bits per heavy atom. The van der Waals surface area contributed by atoms with Crippen molar-refractivity contribution < 1.29 is 62.8 Å². The lowest BCUT2D eigenvalue weighted by Crippen LogP contribution is -2.63. The van der Waals surface area contributed by atoms with Crippen LogP contribution in [0.15, 0.2) is 11.6 Å². The standard InChI is InChI=1S/C47H78O13/c1-24(40(49)25(2)19-28(5)43(50)51)18-26(3)41-31(8)34(48)23-46(59-41)17-16-44(11,60-46)38-22-36(55-39-15-14-35(53-13)33(10)54-39)32(9)47(57-38)30(7)21-37(56-47)42-27(4)20-29(6)45(12,52)58-42/h18,25-39,41-42,48,52H,14-17,19-23H2,1-13H3,(H,50,51)/b24-18+/t25-,26+,27-,28+,29-,30-,31-,32-,33+,34-,35+,36+,37-,38-,39-,41-,42-,44+,45-,46+,47-/m0/s1. The van der Waals surface area contributed by atoms with Crippen molar-refractivity contribution in [1.82, 2.24) is 0 Å². The zero-order valence-corrected chi connectivity index (χ0v) is 38.7. The molecule has 0 aliphatic carbocycles. The van der Waals surface area contributed by atoms with Crippen molar-refractivity contribution in [3.05, 3.63) is 11.6 Å². The number of hydrogen-bond donors (Lipinski definition) is 3. The van der Waals surface area contributed by atoms with E-state index in [4.69, 9.17) is 37.9 Å². The number of Topliss-reactive ketones (excluding diaryl/α,β-unsaturated/α-hetero) is 1. The van der Waals surface area contributed by atoms with Gasteiger partial charge in [0.15, 0.2) is 29.4 Å². The van der Waals surface area contributed by atoms with Crippen molar-refractivity contribution >= 4 is 11.8 Å². The predicted octanol–water partition coefficient (Wildman–Crippen LogP) is 7.18. The number of aliphatic hydroxyl groups excluding tert-OH is 1. The smallest absolute Gasteiger partial charge is 0.306 e. The van der Waals surface area contributed by atoms with Crippen LogP contribution in [-0.4, -0.2) is 112 Å². The van der Waals surface area contributed by atoms with Crippen LogP contribution >= 0.6 is 0 Å². The molecule has 6 saturated heterocycles. The topological polar surface area (TPSA) is 169 Å². The molecule has 0 aromatic rings. The minimum Gasteiger partial charge on any atom is -0.481 e. The summed E-state index contributed by atoms with van der Waals surface area (Å²) in [4.78, 5) is 24.8. The van der Waals surface area contributed by atoms with Gasteiger partial charge in [-0.3, -0.25) is 9.59 Å². The van der Waals surface area contributed by atoms with Gasteiger partial charge in [-0.2, -0.15) is 0 Å². The highest BCUT2D eigenvalue weighted by Crippen LogP contribution is 2.56. The fourth-order valence-corrected chi connectivity index (χ4v) is 11.6. The lowest BCUT2D eigenvalue weighted by molar-refractivity contribution is -0.389. The molecule has 21 atom stereocenters. The molecule has 0 aromatic heterocycles. The molecule has 3 N–H and O–H groups in total. The van der Waals surface area contributed by atoms with Crippen LogP contribution in [0.2, 0.25) is 0 Å². The van der Waals surface area contributed by atoms with Crippen LogP contribution in [0.3, 0.4) is 0 Å². The highest BCUT2D eigenvalue weighted by Gasteiger charge is 2.65. The number of hydrogen-bond acceptors (Lipinski definition) is 12. The van der Waals surface area contributed by atoms with Crippen molar-refractivity contribution in [3.8, 4) is 0 Å². The predicted molar refractivity (Wildman–Crippen MR) is 222 cm³/mol. The molecule has 0 bridgehead atoms. The molecule has 0 aromatic carbocycles. The molecule has 0 saturated carbocycles. The number of carbonyl (C=O) groups excluding carboxylic acids is 1. The molecule has 6 aliphatic heterocycles. The van der Waals surface area contributed by atoms with Gasteiger partial charge in [-0.05, 0) is 71.3 Å². The van der Waals surface area contributed by atoms with E-state index in [0.717, 1.165) is 12.8 Å². The van der Waals surface area contributed by atoms with E-state index >= 15 is 0 Å². The second-order valence-corrected chi connectivity index (χ2v) is 20.7. The third-order valence-corrected chi connectivity index (χ3v) is 15.8. The summed E-state index contributed by atoms with van der Waals surface area (Å²) in [5, 5.41) is 32.2. The van der Waals surface area contributed by atoms with Gasteiger partial charge in [-0.1, -0.05) is 61.5 Å². The van der Waals surface area contributed by atoms with Gasteiger partial charge in [0.2, 0.25) is 0 Å². The fraction of sp³-hybridized carbons (Fsp3) is 0.915. The molecule has 60 heavy (non-hydrogen) atoms. The summed E-state index contributed by atoms with van der Waals surface area (Å²) >= 11 is 0. The summed E-state index contributed by atoms with van der Waals surface area (Å²) in [6.07, 6.45) is 4.09. The van der Waals surface area contributed by atoms with Crippen molar-refractivity contribution in [3.63, 3.8) is 0 Å². The van der Waals surface area contributed by atoms with Crippen LogP contribution in [0, 0.1) is 47.3 Å². The van der Waals surface area contributed by atoms with Gasteiger partial charge in [-0.25, -0.2) is 0 Å². The molecular formula is C47H78O13. The van der Waals surface area contributed by atoms with E-state index < -0.39 is 65.4 Å². The Bertz CT molecular complexity index is 1550. The fourth-order valence-electron chi connectivity index (χ4n) is 11.6. The summed E-state index contributed by atoms with van der Waals surface area (Å²) in [5.74, 6) is -5.99. The first kappa shape index (κ1) is 47.9. The van der Waals surface area contributed by atoms with Crippen LogP contribution < -0.4 is 0 Å². The molecule has 0 amide bonds. The van der Waals surface area contributed by atoms with E-state index in [-0.39, 0.29) is 78.2 Å². The summed E-state index contributed by atoms with van der Waals surface area (Å²) in [6.45, 7) is 23.5. The number of aliphatic carboxylic acids is 1. The van der Waals surface area contributed by atoms with Crippen LogP contribution in [0.25, 0.3) is 0 Å². The minimum absolute atomic E-state index is 0.00518. The molecule has 6 rings (SSSR count). The van der Waals surface area contributed by atoms with Gasteiger partial charge in [-0.15, -0.1) is 0 Å². The van der Waals surface area contributed by atoms with Crippen LogP contribution in [0.4, 0.5) is 0 Å². The Hall–Kier alpha value is -1.52. The average Bonchev–Trinajstić information content (AvgIpc) is 3.68. The lowest BCUT2D eigenvalue weighted by Gasteiger charge is -2.54. The zero-order chi connectivity index (χ0) is 44.3. The quantitative estimate of drug-likeness (QED) is 0.169. The Morgan fingerprint density at radius 3 is 2.23 bits per heavy atom. The summed E-state index contributed by atoms with van der Waals surface area (Å²) in [5.41, 5.74) is -0.280. The minimum atomic E-state index is -1.26. The number of carboxylic acids is 1. The van der Waals surface area contributed by atoms with Crippen molar-refractivity contribution in [2.75, 3.05) is 7.11 Å². The van der Waals surface area contributed by atoms with Gasteiger partial charge >= 0.3 is 5.97 Å². The third-order valence-electron chi connectivity index (χ3n) is 15.8. The van der Waals surface area contributed by atoms with Crippen molar-refractivity contribution in [2.45, 2.75) is 219 Å². The molecule has 13 nitrogen and oxygen atoms in total. The normalized spacial score (nSPS) is 49.2. The number of carbonyl (C=O) groups is 2. The van der Waals surface area contributed by atoms with Gasteiger partial charge in [0.1, 0.15) is 0 Å². The highest BCUT2D eigenvalue weighted by molar-refractivity contribution is 5.96. The van der Waals surface area contributed by atoms with Gasteiger partial charge in [0.05, 0.1) is 60.4 Å². The van der Waals surface area contributed by atoms with E-state index in [1.54, 1.807) is 34.8 Å². The number of carboxylic acid groups (broad SMARTS) is 1. The largest absolute Gasteiger partial charge is 0.481 e. The average molecular weight is 851 g/mol. The van der Waals surface area contributed by atoms with Gasteiger partial charge < -0.3 is 53.2 Å². The van der Waals surface area contributed by atoms with Crippen LogP contribution in [-0.2, 0) is 47.5 Å². The van der Waals surface area contributed by atoms with E-state index in [2.05, 4.69) is 27.7 Å². The molecule has 6 aliphatic rings. The maximum Gasteiger partial charge on any atom is 0.306 e. The molecule has 6 heterocycles. The first-order chi connectivity index (χ1) is 27.9. The maximum atomic E-state index is 13.4. The summed E-state index contributed by atoms with van der Waals surface area (Å²) in [7, 11) is 1.72. The van der Waals surface area contributed by atoms with Gasteiger partial charge in [0.25, 0.3) is 0 Å². The number of allylic oxidation sites excluding steroid dienone is 1. The Balaban J connectivity index is 1.24. The van der Waals surface area contributed by atoms with Crippen LogP contribution in [0.1, 0.15) is 141 Å². The van der Waals surface area contributed by atoms with Crippen molar-refractivity contribution in [1.29, 1.82) is 0 Å². The van der Waals surface area contributed by atoms with Crippen LogP contribution in [0.5, 0.6) is 0 Å². The van der Waals surface area contributed by atoms with E-state index in [9.17, 15) is 24.9 Å². The van der Waals surface area contributed by atoms with E-state index in [1.807, 2.05) is 33.8 Å². The van der Waals surface area contributed by atoms with Gasteiger partial charge in [0, 0.05) is 68.3 Å². The number of rotatable bonds is 12. The second-order valence-electron chi connectivity index (χ2n) is 20.7. The first-order valence-electron chi connectivity index (χ1n) is 23.1. The summed E-state index contributed by atoms with van der Waals surface area (Å²) < 4.78 is 54.1. The number of methoxy groups -OCH3 is 1. The number of aliphatic hydroxyl groups is 2. The molecule has 6 fully saturated rings. The second kappa shape index (κ2) is 18.2. The number of ether oxygens (including phenoxy) is 8. The lowest BCUT2D eigenvalue weighted by atomic mass is 9.76. The number of ketones is 1. The molecule has 0 radical (unpaired) electrons. The SMILES string of the molecule is CO[C@@H]1CC[C@H](O[C@@H]2C[C@@H]([C@@]3(C)CC[C@]4(C[C@H](O)[C@H](C)[C@H]([C@H](C)/C=C(\C)C(=O)[C@@H](C)C[C@@H](C)C(=O)O)O4)O3)O[C@]3(O[C@H]([C@H]4O[C@](C)(O)[C@@H](C)C[C@@H]4C)C[C@@H]3C)[C@H]2C)O[C@@H]1C.